The lowest BCUT2D eigenvalue weighted by atomic mass is 9.87. The van der Waals surface area contributed by atoms with Crippen molar-refractivity contribution in [2.75, 3.05) is 54.6 Å². The van der Waals surface area contributed by atoms with Crippen LogP contribution in [0.25, 0.3) is 0 Å². The van der Waals surface area contributed by atoms with E-state index in [-0.39, 0.29) is 80.5 Å². The molecule has 2 N–H and O–H groups in total. The third kappa shape index (κ3) is 15.3. The van der Waals surface area contributed by atoms with Crippen LogP contribution in [0.3, 0.4) is 0 Å². The second-order valence-electron chi connectivity index (χ2n) is 19.9. The Hall–Kier alpha value is -4.82. The van der Waals surface area contributed by atoms with Gasteiger partial charge in [0.2, 0.25) is 23.6 Å². The minimum absolute atomic E-state index is 0.00453. The normalized spacial score (nSPS) is 20.0. The van der Waals surface area contributed by atoms with Gasteiger partial charge in [0.25, 0.3) is 17.7 Å². The molecule has 392 valence electrons. The quantitative estimate of drug-likeness (QED) is 0.127. The van der Waals surface area contributed by atoms with Gasteiger partial charge in [0, 0.05) is 59.0 Å². The fourth-order valence-electron chi connectivity index (χ4n) is 10.3. The van der Waals surface area contributed by atoms with Crippen molar-refractivity contribution in [3.8, 4) is 0 Å². The van der Waals surface area contributed by atoms with Crippen molar-refractivity contribution in [2.45, 2.75) is 162 Å². The Morgan fingerprint density at radius 2 is 1.47 bits per heavy atom. The lowest BCUT2D eigenvalue weighted by Gasteiger charge is -2.43. The van der Waals surface area contributed by atoms with Crippen molar-refractivity contribution in [1.82, 2.24) is 35.5 Å². The van der Waals surface area contributed by atoms with E-state index in [2.05, 4.69) is 10.6 Å². The highest BCUT2D eigenvalue weighted by atomic mass is 16.7. The van der Waals surface area contributed by atoms with Gasteiger partial charge in [-0.05, 0) is 76.1 Å². The molecule has 0 aromatic heterocycles. The number of nitrogens with zero attached hydrogens (tertiary/aromatic N) is 5. The molecule has 0 unspecified atom stereocenters. The highest BCUT2D eigenvalue weighted by Crippen LogP contribution is 2.31. The van der Waals surface area contributed by atoms with Crippen LogP contribution in [0.5, 0.6) is 0 Å². The molecule has 3 aliphatic heterocycles. The van der Waals surface area contributed by atoms with E-state index >= 15 is 0 Å². The van der Waals surface area contributed by atoms with Gasteiger partial charge in [-0.25, -0.2) is 9.86 Å². The largest absolute Gasteiger partial charge is 0.379 e. The monoisotopic (exact) mass is 984 g/mol. The zero-order valence-electron chi connectivity index (χ0n) is 43.5. The van der Waals surface area contributed by atoms with Crippen LogP contribution in [0.15, 0.2) is 30.3 Å². The average Bonchev–Trinajstić information content (AvgIpc) is 3.94. The van der Waals surface area contributed by atoms with E-state index in [1.165, 1.54) is 12.2 Å². The van der Waals surface area contributed by atoms with Crippen LogP contribution in [-0.2, 0) is 63.9 Å². The van der Waals surface area contributed by atoms with Crippen molar-refractivity contribution in [2.24, 2.45) is 23.7 Å². The number of hydrogen-bond acceptors (Lipinski definition) is 14. The van der Waals surface area contributed by atoms with Crippen LogP contribution in [0.4, 0.5) is 0 Å². The first-order valence-corrected chi connectivity index (χ1v) is 25.2. The summed E-state index contributed by atoms with van der Waals surface area (Å²) >= 11 is 0. The summed E-state index contributed by atoms with van der Waals surface area (Å²) in [4.78, 5) is 123. The lowest BCUT2D eigenvalue weighted by Crippen LogP contribution is -2.60. The molecule has 3 aliphatic rings. The van der Waals surface area contributed by atoms with Crippen LogP contribution >= 0.6 is 0 Å². The molecular weight excluding hydrogens is 903 g/mol. The van der Waals surface area contributed by atoms with Crippen LogP contribution in [0.1, 0.15) is 118 Å². The molecule has 1 aromatic carbocycles. The molecule has 0 saturated carbocycles. The van der Waals surface area contributed by atoms with E-state index in [9.17, 15) is 38.4 Å². The predicted molar refractivity (Wildman–Crippen MR) is 260 cm³/mol. The molecule has 0 radical (unpaired) electrons. The number of likely N-dealkylation sites (N-methyl/N-ethyl adjacent to an activating group) is 2. The molecule has 3 heterocycles. The van der Waals surface area contributed by atoms with E-state index in [0.29, 0.717) is 44.0 Å². The number of benzene rings is 1. The third-order valence-corrected chi connectivity index (χ3v) is 14.1. The summed E-state index contributed by atoms with van der Waals surface area (Å²) in [5, 5.41) is 7.55. The first kappa shape index (κ1) is 57.8. The highest BCUT2D eigenvalue weighted by molar-refractivity contribution is 6.02. The maximum absolute atomic E-state index is 14.5. The summed E-state index contributed by atoms with van der Waals surface area (Å²) in [5.41, 5.74) is 0.887. The van der Waals surface area contributed by atoms with Gasteiger partial charge in [0.15, 0.2) is 0 Å². The van der Waals surface area contributed by atoms with Crippen LogP contribution in [0, 0.1) is 23.7 Å². The first-order valence-electron chi connectivity index (χ1n) is 25.2. The molecule has 9 atom stereocenters. The van der Waals surface area contributed by atoms with Crippen molar-refractivity contribution < 1.29 is 57.5 Å². The van der Waals surface area contributed by atoms with E-state index in [1.54, 1.807) is 30.9 Å². The topological polar surface area (TPSA) is 214 Å². The van der Waals surface area contributed by atoms with Gasteiger partial charge in [-0.15, -0.1) is 5.06 Å². The van der Waals surface area contributed by atoms with Gasteiger partial charge < -0.3 is 24.5 Å². The zero-order valence-corrected chi connectivity index (χ0v) is 43.5. The number of ether oxygens (including phenoxy) is 2. The molecule has 3 fully saturated rings. The summed E-state index contributed by atoms with van der Waals surface area (Å²) < 4.78 is 12.2. The van der Waals surface area contributed by atoms with Gasteiger partial charge in [-0.3, -0.25) is 53.5 Å². The molecule has 19 nitrogen and oxygen atoms in total. The van der Waals surface area contributed by atoms with Crippen LogP contribution < -0.4 is 10.6 Å². The van der Waals surface area contributed by atoms with Gasteiger partial charge >= 0.3 is 5.97 Å². The maximum atomic E-state index is 14.5. The van der Waals surface area contributed by atoms with Crippen LogP contribution in [0.2, 0.25) is 0 Å². The summed E-state index contributed by atoms with van der Waals surface area (Å²) in [5.74, 6) is -4.99. The minimum Gasteiger partial charge on any atom is -0.379 e. The molecule has 0 aliphatic carbocycles. The minimum atomic E-state index is -0.876. The molecular formula is C51H81N7O12. The molecule has 70 heavy (non-hydrogen) atoms. The molecule has 0 spiro atoms. The number of imide groups is 2. The SMILES string of the molecule is CC[C@H](C)[C@@H]([C@@H](CC(=O)N1CCC[C@H]1[C@H](OC)[C@@H](C)C(=O)N[C@@H](Cc1ccccc1)C(=O)N1CCCCO1)OC)N(C)[C@H](C(=O)NC(=O)[C@H](C(C)C)N(C)CCCC(=O)ON1C(=O)CCC1=O)C(C)C. The van der Waals surface area contributed by atoms with Gasteiger partial charge in [-0.1, -0.05) is 85.2 Å². The van der Waals surface area contributed by atoms with E-state index < -0.39 is 77.9 Å². The Bertz CT molecular complexity index is 1910. The van der Waals surface area contributed by atoms with Gasteiger partial charge in [-0.2, -0.15) is 0 Å². The Labute approximate surface area is 414 Å². The average molecular weight is 984 g/mol. The second kappa shape index (κ2) is 27.7. The van der Waals surface area contributed by atoms with Crippen molar-refractivity contribution in [3.05, 3.63) is 35.9 Å². The van der Waals surface area contributed by atoms with Crippen molar-refractivity contribution >= 4 is 47.3 Å². The Balaban J connectivity index is 1.44. The van der Waals surface area contributed by atoms with Gasteiger partial charge in [0.05, 0.1) is 49.3 Å². The van der Waals surface area contributed by atoms with Crippen LogP contribution in [-0.4, -0.2) is 169 Å². The third-order valence-electron chi connectivity index (χ3n) is 14.1. The van der Waals surface area contributed by atoms with E-state index in [4.69, 9.17) is 19.1 Å². The molecule has 19 heteroatoms. The van der Waals surface area contributed by atoms with Crippen molar-refractivity contribution in [3.63, 3.8) is 0 Å². The number of methoxy groups -OCH3 is 2. The predicted octanol–water partition coefficient (Wildman–Crippen LogP) is 3.67. The first-order chi connectivity index (χ1) is 33.2. The number of likely N-dealkylation sites (tertiary alicyclic amines) is 1. The fourth-order valence-corrected chi connectivity index (χ4v) is 10.3. The zero-order chi connectivity index (χ0) is 51.8. The number of carbonyl (C=O) groups excluding carboxylic acids is 8. The number of hydrogen-bond donors (Lipinski definition) is 2. The summed E-state index contributed by atoms with van der Waals surface area (Å²) in [6.45, 7) is 15.0. The number of carbonyl (C=O) groups is 8. The highest BCUT2D eigenvalue weighted by Gasteiger charge is 2.44. The molecule has 3 saturated heterocycles. The number of amides is 7. The lowest BCUT2D eigenvalue weighted by molar-refractivity contribution is -0.199. The van der Waals surface area contributed by atoms with Crippen molar-refractivity contribution in [1.29, 1.82) is 0 Å². The summed E-state index contributed by atoms with van der Waals surface area (Å²) in [6.07, 6.45) is 2.74. The Kier molecular flexibility index (Phi) is 22.9. The smallest absolute Gasteiger partial charge is 0.333 e. The number of rotatable bonds is 26. The standard InChI is InChI=1S/C51H81N7O12/c1-12-34(6)46(55(9)45(33(4)5)50(65)53-49(64)44(32(2)3)54(8)26-19-23-43(62)70-58-40(59)24-25-41(58)60)39(67-10)31-42(61)56-27-18-22-38(56)47(68-11)35(7)48(63)52-37(30-36-20-14-13-15-21-36)51(66)57-28-16-17-29-69-57/h13-15,20-21,32-35,37-39,44-47H,12,16-19,22-31H2,1-11H3,(H,52,63)(H,53,64,65)/t34-,35+,37-,38-,39+,44-,45-,46-,47+/m0/s1. The Morgan fingerprint density at radius 1 is 0.829 bits per heavy atom. The molecule has 4 rings (SSSR count). The second-order valence-corrected chi connectivity index (χ2v) is 19.9. The molecule has 1 aromatic rings. The molecule has 0 bridgehead atoms. The Morgan fingerprint density at radius 3 is 2.04 bits per heavy atom. The van der Waals surface area contributed by atoms with Gasteiger partial charge in [0.1, 0.15) is 6.04 Å². The molecule has 7 amide bonds. The summed E-state index contributed by atoms with van der Waals surface area (Å²) in [7, 11) is 6.63. The fraction of sp³-hybridized carbons (Fsp3) is 0.725. The number of nitrogens with one attached hydrogen (secondary N) is 2. The number of hydroxylamine groups is 4. The van der Waals surface area contributed by atoms with E-state index in [0.717, 1.165) is 18.4 Å². The van der Waals surface area contributed by atoms with E-state index in [1.807, 2.05) is 83.8 Å². The summed E-state index contributed by atoms with van der Waals surface area (Å²) in [6, 6.07) is 6.21. The maximum Gasteiger partial charge on any atom is 0.333 e.